The van der Waals surface area contributed by atoms with Gasteiger partial charge in [-0.3, -0.25) is 4.79 Å². The fourth-order valence-corrected chi connectivity index (χ4v) is 2.04. The summed E-state index contributed by atoms with van der Waals surface area (Å²) in [5.41, 5.74) is 8.91. The maximum atomic E-state index is 12.1. The van der Waals surface area contributed by atoms with Crippen LogP contribution in [0.4, 0.5) is 5.69 Å². The molecule has 20 heavy (non-hydrogen) atoms. The predicted molar refractivity (Wildman–Crippen MR) is 83.3 cm³/mol. The largest absolute Gasteiger partial charge is 0.330 e. The maximum absolute atomic E-state index is 12.1. The van der Waals surface area contributed by atoms with Crippen molar-refractivity contribution >= 4 is 23.2 Å². The van der Waals surface area contributed by atoms with Gasteiger partial charge in [-0.05, 0) is 55.3 Å². The molecule has 0 saturated heterocycles. The number of hydrogen-bond acceptors (Lipinski definition) is 2. The van der Waals surface area contributed by atoms with Crippen molar-refractivity contribution in [2.75, 3.05) is 11.9 Å². The Morgan fingerprint density at radius 1 is 1.20 bits per heavy atom. The standard InChI is InChI=1S/C16H17ClN2O/c1-11-2-7-14(10-15(11)17)19-16(20)13-5-3-12(4-6-13)8-9-18/h2-7,10H,8-9,18H2,1H3,(H,19,20). The number of anilines is 1. The normalized spacial score (nSPS) is 10.3. The molecule has 2 rings (SSSR count). The van der Waals surface area contributed by atoms with Crippen molar-refractivity contribution in [3.8, 4) is 0 Å². The van der Waals surface area contributed by atoms with E-state index in [1.807, 2.05) is 31.2 Å². The molecule has 0 unspecified atom stereocenters. The van der Waals surface area contributed by atoms with E-state index in [4.69, 9.17) is 17.3 Å². The van der Waals surface area contributed by atoms with Gasteiger partial charge in [-0.15, -0.1) is 0 Å². The molecule has 0 radical (unpaired) electrons. The number of aryl methyl sites for hydroxylation is 1. The smallest absolute Gasteiger partial charge is 0.255 e. The summed E-state index contributed by atoms with van der Waals surface area (Å²) in [6.45, 7) is 2.53. The van der Waals surface area contributed by atoms with Crippen LogP contribution < -0.4 is 11.1 Å². The highest BCUT2D eigenvalue weighted by Gasteiger charge is 2.07. The van der Waals surface area contributed by atoms with Crippen LogP contribution in [0.15, 0.2) is 42.5 Å². The highest BCUT2D eigenvalue weighted by Crippen LogP contribution is 2.20. The molecule has 3 N–H and O–H groups in total. The molecule has 0 atom stereocenters. The summed E-state index contributed by atoms with van der Waals surface area (Å²) in [6.07, 6.45) is 0.815. The molecule has 2 aromatic rings. The van der Waals surface area contributed by atoms with Crippen LogP contribution in [0.3, 0.4) is 0 Å². The van der Waals surface area contributed by atoms with E-state index in [1.54, 1.807) is 18.2 Å². The number of rotatable bonds is 4. The first-order valence-corrected chi connectivity index (χ1v) is 6.84. The number of amides is 1. The molecule has 4 heteroatoms. The van der Waals surface area contributed by atoms with Gasteiger partial charge in [0.2, 0.25) is 0 Å². The van der Waals surface area contributed by atoms with Gasteiger partial charge in [0.25, 0.3) is 5.91 Å². The molecule has 0 heterocycles. The van der Waals surface area contributed by atoms with E-state index in [9.17, 15) is 4.79 Å². The summed E-state index contributed by atoms with van der Waals surface area (Å²) in [5.74, 6) is -0.149. The lowest BCUT2D eigenvalue weighted by atomic mass is 10.1. The average Bonchev–Trinajstić information content (AvgIpc) is 2.44. The van der Waals surface area contributed by atoms with E-state index in [-0.39, 0.29) is 5.91 Å². The molecule has 0 aliphatic rings. The van der Waals surface area contributed by atoms with Crippen molar-refractivity contribution in [2.24, 2.45) is 5.73 Å². The van der Waals surface area contributed by atoms with Gasteiger partial charge in [-0.1, -0.05) is 29.8 Å². The van der Waals surface area contributed by atoms with E-state index in [1.165, 1.54) is 0 Å². The highest BCUT2D eigenvalue weighted by molar-refractivity contribution is 6.31. The molecule has 0 bridgehead atoms. The van der Waals surface area contributed by atoms with Crippen molar-refractivity contribution in [1.29, 1.82) is 0 Å². The topological polar surface area (TPSA) is 55.1 Å². The number of carbonyl (C=O) groups excluding carboxylic acids is 1. The fourth-order valence-electron chi connectivity index (χ4n) is 1.86. The summed E-state index contributed by atoms with van der Waals surface area (Å²) in [6, 6.07) is 12.9. The molecule has 104 valence electrons. The summed E-state index contributed by atoms with van der Waals surface area (Å²) in [5, 5.41) is 3.47. The Kier molecular flexibility index (Phi) is 4.77. The van der Waals surface area contributed by atoms with Gasteiger partial charge < -0.3 is 11.1 Å². The van der Waals surface area contributed by atoms with Gasteiger partial charge in [-0.25, -0.2) is 0 Å². The number of nitrogens with one attached hydrogen (secondary N) is 1. The second-order valence-corrected chi connectivity index (χ2v) is 5.06. The zero-order valence-electron chi connectivity index (χ0n) is 11.3. The van der Waals surface area contributed by atoms with Crippen LogP contribution in [-0.4, -0.2) is 12.5 Å². The fraction of sp³-hybridized carbons (Fsp3) is 0.188. The Morgan fingerprint density at radius 2 is 1.90 bits per heavy atom. The Hall–Kier alpha value is -1.84. The van der Waals surface area contributed by atoms with Crippen LogP contribution in [0.1, 0.15) is 21.5 Å². The summed E-state index contributed by atoms with van der Waals surface area (Å²) in [7, 11) is 0. The summed E-state index contributed by atoms with van der Waals surface area (Å²) in [4.78, 5) is 12.1. The van der Waals surface area contributed by atoms with Gasteiger partial charge in [0.15, 0.2) is 0 Å². The minimum atomic E-state index is -0.149. The first-order valence-electron chi connectivity index (χ1n) is 6.46. The number of carbonyl (C=O) groups is 1. The van der Waals surface area contributed by atoms with Crippen molar-refractivity contribution < 1.29 is 4.79 Å². The van der Waals surface area contributed by atoms with Gasteiger partial charge in [0, 0.05) is 16.3 Å². The quantitative estimate of drug-likeness (QED) is 0.906. The molecule has 0 fully saturated rings. The Labute approximate surface area is 123 Å². The Bertz CT molecular complexity index is 608. The third-order valence-electron chi connectivity index (χ3n) is 3.08. The first kappa shape index (κ1) is 14.6. The molecule has 0 aliphatic heterocycles. The van der Waals surface area contributed by atoms with Crippen molar-refractivity contribution in [2.45, 2.75) is 13.3 Å². The number of halogens is 1. The molecule has 0 aliphatic carbocycles. The molecular formula is C16H17ClN2O. The highest BCUT2D eigenvalue weighted by atomic mass is 35.5. The number of benzene rings is 2. The SMILES string of the molecule is Cc1ccc(NC(=O)c2ccc(CCN)cc2)cc1Cl. The molecule has 0 saturated carbocycles. The second kappa shape index (κ2) is 6.55. The van der Waals surface area contributed by atoms with E-state index >= 15 is 0 Å². The second-order valence-electron chi connectivity index (χ2n) is 4.65. The molecule has 0 aromatic heterocycles. The maximum Gasteiger partial charge on any atom is 0.255 e. The van der Waals surface area contributed by atoms with Crippen molar-refractivity contribution in [1.82, 2.24) is 0 Å². The Morgan fingerprint density at radius 3 is 2.50 bits per heavy atom. The molecule has 0 spiro atoms. The number of hydrogen-bond donors (Lipinski definition) is 2. The van der Waals surface area contributed by atoms with Crippen molar-refractivity contribution in [3.05, 3.63) is 64.2 Å². The summed E-state index contributed by atoms with van der Waals surface area (Å²) < 4.78 is 0. The van der Waals surface area contributed by atoms with Crippen molar-refractivity contribution in [3.63, 3.8) is 0 Å². The van der Waals surface area contributed by atoms with Crippen LogP contribution in [0.25, 0.3) is 0 Å². The third kappa shape index (κ3) is 3.59. The van der Waals surface area contributed by atoms with Crippen LogP contribution in [0.2, 0.25) is 5.02 Å². The zero-order valence-corrected chi connectivity index (χ0v) is 12.1. The molecule has 3 nitrogen and oxygen atoms in total. The van der Waals surface area contributed by atoms with Gasteiger partial charge in [-0.2, -0.15) is 0 Å². The zero-order chi connectivity index (χ0) is 14.5. The lowest BCUT2D eigenvalue weighted by Crippen LogP contribution is -2.12. The first-order chi connectivity index (χ1) is 9.60. The molecule has 1 amide bonds. The average molecular weight is 289 g/mol. The molecule has 2 aromatic carbocycles. The molecular weight excluding hydrogens is 272 g/mol. The summed E-state index contributed by atoms with van der Waals surface area (Å²) >= 11 is 6.04. The van der Waals surface area contributed by atoms with Crippen LogP contribution in [0.5, 0.6) is 0 Å². The van der Waals surface area contributed by atoms with Crippen LogP contribution >= 0.6 is 11.6 Å². The van der Waals surface area contributed by atoms with Gasteiger partial charge in [0.1, 0.15) is 0 Å². The predicted octanol–water partition coefficient (Wildman–Crippen LogP) is 3.40. The lowest BCUT2D eigenvalue weighted by Gasteiger charge is -2.07. The lowest BCUT2D eigenvalue weighted by molar-refractivity contribution is 0.102. The van der Waals surface area contributed by atoms with Gasteiger partial charge >= 0.3 is 0 Å². The number of nitrogens with two attached hydrogens (primary N) is 1. The minimum absolute atomic E-state index is 0.149. The Balaban J connectivity index is 2.09. The van der Waals surface area contributed by atoms with Crippen LogP contribution in [-0.2, 0) is 6.42 Å². The third-order valence-corrected chi connectivity index (χ3v) is 3.49. The van der Waals surface area contributed by atoms with Gasteiger partial charge in [0.05, 0.1) is 0 Å². The van der Waals surface area contributed by atoms with E-state index in [2.05, 4.69) is 5.32 Å². The van der Waals surface area contributed by atoms with E-state index < -0.39 is 0 Å². The van der Waals surface area contributed by atoms with Crippen LogP contribution in [0, 0.1) is 6.92 Å². The minimum Gasteiger partial charge on any atom is -0.330 e. The monoisotopic (exact) mass is 288 g/mol. The van der Waals surface area contributed by atoms with E-state index in [0.29, 0.717) is 22.8 Å². The van der Waals surface area contributed by atoms with E-state index in [0.717, 1.165) is 17.5 Å².